The molecule has 2 nitrogen and oxygen atoms in total. The van der Waals surface area contributed by atoms with E-state index in [2.05, 4.69) is 20.8 Å². The Labute approximate surface area is 152 Å². The molecule has 0 N–H and O–H groups in total. The van der Waals surface area contributed by atoms with Gasteiger partial charge in [-0.15, -0.1) is 0 Å². The van der Waals surface area contributed by atoms with Crippen LogP contribution in [0.5, 0.6) is 0 Å². The fourth-order valence-corrected chi connectivity index (χ4v) is 4.77. The average molecular weight is 341 g/mol. The lowest BCUT2D eigenvalue weighted by molar-refractivity contribution is -0.261. The lowest BCUT2D eigenvalue weighted by Gasteiger charge is -2.44. The van der Waals surface area contributed by atoms with Crippen molar-refractivity contribution in [2.75, 3.05) is 14.2 Å². The van der Waals surface area contributed by atoms with Crippen molar-refractivity contribution < 1.29 is 9.47 Å². The van der Waals surface area contributed by atoms with Crippen LogP contribution in [0.1, 0.15) is 104 Å². The van der Waals surface area contributed by atoms with Gasteiger partial charge in [-0.25, -0.2) is 0 Å². The van der Waals surface area contributed by atoms with Crippen LogP contribution in [0.2, 0.25) is 0 Å². The molecule has 0 amide bonds. The molecule has 0 aromatic carbocycles. The van der Waals surface area contributed by atoms with E-state index in [0.717, 1.165) is 12.3 Å². The molecule has 2 heteroatoms. The van der Waals surface area contributed by atoms with E-state index in [1.807, 2.05) is 14.2 Å². The molecule has 1 aliphatic carbocycles. The topological polar surface area (TPSA) is 18.5 Å². The SMILES string of the molecule is CCCCCCCCC(C1CCCCC1)C(CC(C)C)(OC)OC. The maximum absolute atomic E-state index is 6.09. The summed E-state index contributed by atoms with van der Waals surface area (Å²) in [6.07, 6.45) is 17.4. The fourth-order valence-electron chi connectivity index (χ4n) is 4.77. The number of unbranched alkanes of at least 4 members (excludes halogenated alkanes) is 5. The van der Waals surface area contributed by atoms with Gasteiger partial charge in [0.15, 0.2) is 5.79 Å². The molecule has 1 unspecified atom stereocenters. The number of hydrogen-bond acceptors (Lipinski definition) is 2. The van der Waals surface area contributed by atoms with E-state index in [9.17, 15) is 0 Å². The quantitative estimate of drug-likeness (QED) is 0.266. The largest absolute Gasteiger partial charge is 0.353 e. The monoisotopic (exact) mass is 340 g/mol. The normalized spacial score (nSPS) is 18.2. The highest BCUT2D eigenvalue weighted by Gasteiger charge is 2.43. The molecule has 1 saturated carbocycles. The van der Waals surface area contributed by atoms with Crippen molar-refractivity contribution in [2.24, 2.45) is 17.8 Å². The van der Waals surface area contributed by atoms with Crippen LogP contribution in [0.4, 0.5) is 0 Å². The summed E-state index contributed by atoms with van der Waals surface area (Å²) in [6, 6.07) is 0. The van der Waals surface area contributed by atoms with Gasteiger partial charge in [-0.05, 0) is 31.1 Å². The van der Waals surface area contributed by atoms with Crippen molar-refractivity contribution in [2.45, 2.75) is 110 Å². The van der Waals surface area contributed by atoms with Gasteiger partial charge in [0.2, 0.25) is 0 Å². The summed E-state index contributed by atoms with van der Waals surface area (Å²) < 4.78 is 12.2. The first-order chi connectivity index (χ1) is 11.6. The standard InChI is InChI=1S/C22H44O2/c1-6-7-8-9-10-14-17-21(20-15-12-11-13-16-20)22(23-4,24-5)18-19(2)3/h19-21H,6-18H2,1-5H3. The lowest BCUT2D eigenvalue weighted by atomic mass is 9.72. The maximum atomic E-state index is 6.09. The van der Waals surface area contributed by atoms with Gasteiger partial charge >= 0.3 is 0 Å². The Balaban J connectivity index is 2.70. The summed E-state index contributed by atoms with van der Waals surface area (Å²) in [6.45, 7) is 6.86. The number of hydrogen-bond donors (Lipinski definition) is 0. The minimum absolute atomic E-state index is 0.375. The van der Waals surface area contributed by atoms with E-state index in [-0.39, 0.29) is 5.79 Å². The first-order valence-corrected chi connectivity index (χ1v) is 10.7. The molecule has 1 aliphatic rings. The van der Waals surface area contributed by atoms with Gasteiger partial charge in [0, 0.05) is 26.6 Å². The first-order valence-electron chi connectivity index (χ1n) is 10.7. The van der Waals surface area contributed by atoms with Crippen LogP contribution in [-0.2, 0) is 9.47 Å². The second kappa shape index (κ2) is 12.3. The number of methoxy groups -OCH3 is 2. The zero-order valence-corrected chi connectivity index (χ0v) is 17.2. The van der Waals surface area contributed by atoms with Crippen molar-refractivity contribution in [3.63, 3.8) is 0 Å². The number of rotatable bonds is 13. The second-order valence-electron chi connectivity index (χ2n) is 8.38. The molecular weight excluding hydrogens is 296 g/mol. The predicted molar refractivity (Wildman–Crippen MR) is 104 cm³/mol. The van der Waals surface area contributed by atoms with E-state index < -0.39 is 0 Å². The van der Waals surface area contributed by atoms with Gasteiger partial charge in [0.05, 0.1) is 0 Å². The van der Waals surface area contributed by atoms with Gasteiger partial charge in [-0.2, -0.15) is 0 Å². The summed E-state index contributed by atoms with van der Waals surface area (Å²) >= 11 is 0. The Morgan fingerprint density at radius 1 is 0.875 bits per heavy atom. The molecule has 0 aliphatic heterocycles. The number of ether oxygens (including phenoxy) is 2. The van der Waals surface area contributed by atoms with E-state index in [0.29, 0.717) is 11.8 Å². The Morgan fingerprint density at radius 3 is 2.00 bits per heavy atom. The second-order valence-corrected chi connectivity index (χ2v) is 8.38. The van der Waals surface area contributed by atoms with E-state index >= 15 is 0 Å². The molecule has 0 heterocycles. The van der Waals surface area contributed by atoms with Crippen molar-refractivity contribution in [3.05, 3.63) is 0 Å². The molecule has 1 atom stereocenters. The Hall–Kier alpha value is -0.0800. The summed E-state index contributed by atoms with van der Waals surface area (Å²) in [7, 11) is 3.73. The molecule has 0 saturated heterocycles. The van der Waals surface area contributed by atoms with E-state index in [1.54, 1.807) is 0 Å². The maximum Gasteiger partial charge on any atom is 0.170 e. The van der Waals surface area contributed by atoms with Crippen LogP contribution in [0.15, 0.2) is 0 Å². The molecule has 144 valence electrons. The third-order valence-corrected chi connectivity index (χ3v) is 6.04. The third kappa shape index (κ3) is 7.04. The van der Waals surface area contributed by atoms with Crippen molar-refractivity contribution in [1.29, 1.82) is 0 Å². The molecule has 0 spiro atoms. The van der Waals surface area contributed by atoms with E-state index in [1.165, 1.54) is 77.0 Å². The molecular formula is C22H44O2. The minimum atomic E-state index is -0.375. The smallest absolute Gasteiger partial charge is 0.170 e. The molecule has 0 aromatic rings. The third-order valence-electron chi connectivity index (χ3n) is 6.04. The van der Waals surface area contributed by atoms with Crippen molar-refractivity contribution in [1.82, 2.24) is 0 Å². The van der Waals surface area contributed by atoms with Crippen LogP contribution in [0.3, 0.4) is 0 Å². The summed E-state index contributed by atoms with van der Waals surface area (Å²) in [5, 5.41) is 0. The van der Waals surface area contributed by atoms with Crippen LogP contribution in [0.25, 0.3) is 0 Å². The van der Waals surface area contributed by atoms with Gasteiger partial charge in [-0.1, -0.05) is 78.6 Å². The zero-order valence-electron chi connectivity index (χ0n) is 17.2. The van der Waals surface area contributed by atoms with Gasteiger partial charge in [-0.3, -0.25) is 0 Å². The lowest BCUT2D eigenvalue weighted by Crippen LogP contribution is -2.47. The molecule has 1 fully saturated rings. The van der Waals surface area contributed by atoms with Gasteiger partial charge in [0.25, 0.3) is 0 Å². The highest BCUT2D eigenvalue weighted by molar-refractivity contribution is 4.87. The van der Waals surface area contributed by atoms with Gasteiger partial charge < -0.3 is 9.47 Å². The molecule has 24 heavy (non-hydrogen) atoms. The predicted octanol–water partition coefficient (Wildman–Crippen LogP) is 6.97. The zero-order chi connectivity index (χ0) is 17.8. The Kier molecular flexibility index (Phi) is 11.3. The summed E-state index contributed by atoms with van der Waals surface area (Å²) in [4.78, 5) is 0. The van der Waals surface area contributed by atoms with Crippen LogP contribution in [-0.4, -0.2) is 20.0 Å². The van der Waals surface area contributed by atoms with Crippen LogP contribution < -0.4 is 0 Å². The Morgan fingerprint density at radius 2 is 1.46 bits per heavy atom. The molecule has 1 rings (SSSR count). The Bertz CT molecular complexity index is 290. The molecule has 0 radical (unpaired) electrons. The van der Waals surface area contributed by atoms with Crippen LogP contribution in [0, 0.1) is 17.8 Å². The van der Waals surface area contributed by atoms with Crippen molar-refractivity contribution >= 4 is 0 Å². The summed E-state index contributed by atoms with van der Waals surface area (Å²) in [5.41, 5.74) is 0. The fraction of sp³-hybridized carbons (Fsp3) is 1.00. The first kappa shape index (κ1) is 22.0. The van der Waals surface area contributed by atoms with E-state index in [4.69, 9.17) is 9.47 Å². The molecule has 0 bridgehead atoms. The summed E-state index contributed by atoms with van der Waals surface area (Å²) in [5.74, 6) is 1.56. The van der Waals surface area contributed by atoms with Crippen LogP contribution >= 0.6 is 0 Å². The average Bonchev–Trinajstić information content (AvgIpc) is 2.60. The minimum Gasteiger partial charge on any atom is -0.353 e. The highest BCUT2D eigenvalue weighted by Crippen LogP contribution is 2.43. The van der Waals surface area contributed by atoms with Gasteiger partial charge in [0.1, 0.15) is 0 Å². The molecule has 0 aromatic heterocycles. The van der Waals surface area contributed by atoms with Crippen molar-refractivity contribution in [3.8, 4) is 0 Å². The highest BCUT2D eigenvalue weighted by atomic mass is 16.7.